The van der Waals surface area contributed by atoms with Crippen LogP contribution in [0.25, 0.3) is 0 Å². The van der Waals surface area contributed by atoms with Crippen LogP contribution in [0.5, 0.6) is 0 Å². The number of nitrogens with one attached hydrogen (secondary N) is 1. The summed E-state index contributed by atoms with van der Waals surface area (Å²) in [5, 5.41) is 23.6. The minimum absolute atomic E-state index is 0.0622. The molecule has 1 amide bonds. The van der Waals surface area contributed by atoms with Gasteiger partial charge in [-0.15, -0.1) is 0 Å². The molecular formula is C53H91NO5. The van der Waals surface area contributed by atoms with E-state index < -0.39 is 18.2 Å². The minimum atomic E-state index is -0.826. The van der Waals surface area contributed by atoms with E-state index in [9.17, 15) is 19.8 Å². The number of ether oxygens (including phenoxy) is 1. The summed E-state index contributed by atoms with van der Waals surface area (Å²) >= 11 is 0. The molecule has 3 N–H and O–H groups in total. The molecule has 0 saturated carbocycles. The van der Waals surface area contributed by atoms with Gasteiger partial charge in [0.1, 0.15) is 6.10 Å². The molecule has 0 aliphatic carbocycles. The fraction of sp³-hybridized carbons (Fsp3) is 0.698. The molecular weight excluding hydrogens is 731 g/mol. The number of carbonyl (C=O) groups is 2. The maximum atomic E-state index is 13.1. The largest absolute Gasteiger partial charge is 0.458 e. The van der Waals surface area contributed by atoms with Crippen molar-refractivity contribution in [1.29, 1.82) is 0 Å². The number of allylic oxidation sites excluding steroid dienone is 13. The van der Waals surface area contributed by atoms with E-state index in [4.69, 9.17) is 4.74 Å². The molecule has 0 aromatic rings. The minimum Gasteiger partial charge on any atom is -0.458 e. The summed E-state index contributed by atoms with van der Waals surface area (Å²) in [6.45, 7) is 6.29. The highest BCUT2D eigenvalue weighted by atomic mass is 16.5. The van der Waals surface area contributed by atoms with Crippen molar-refractivity contribution in [2.24, 2.45) is 0 Å². The molecule has 0 spiro atoms. The van der Waals surface area contributed by atoms with Crippen LogP contribution >= 0.6 is 0 Å². The predicted octanol–water partition coefficient (Wildman–Crippen LogP) is 14.4. The molecule has 3 atom stereocenters. The molecule has 0 fully saturated rings. The third kappa shape index (κ3) is 41.6. The van der Waals surface area contributed by atoms with Crippen molar-refractivity contribution >= 4 is 11.9 Å². The Hall–Kier alpha value is -2.96. The van der Waals surface area contributed by atoms with Crippen LogP contribution in [0.2, 0.25) is 0 Å². The van der Waals surface area contributed by atoms with E-state index in [1.54, 1.807) is 6.08 Å². The highest BCUT2D eigenvalue weighted by Gasteiger charge is 2.23. The second kappa shape index (κ2) is 46.1. The van der Waals surface area contributed by atoms with E-state index in [1.165, 1.54) is 103 Å². The van der Waals surface area contributed by atoms with Crippen molar-refractivity contribution in [2.75, 3.05) is 6.61 Å². The van der Waals surface area contributed by atoms with Gasteiger partial charge in [0.2, 0.25) is 5.91 Å². The van der Waals surface area contributed by atoms with Crippen LogP contribution in [0.4, 0.5) is 0 Å². The van der Waals surface area contributed by atoms with Crippen LogP contribution in [-0.4, -0.2) is 46.9 Å². The summed E-state index contributed by atoms with van der Waals surface area (Å²) in [6.07, 6.45) is 59.7. The van der Waals surface area contributed by atoms with Crippen molar-refractivity contribution in [3.63, 3.8) is 0 Å². The van der Waals surface area contributed by atoms with Gasteiger partial charge in [0.05, 0.1) is 25.2 Å². The van der Waals surface area contributed by atoms with Gasteiger partial charge < -0.3 is 20.3 Å². The molecule has 0 radical (unpaired) electrons. The first-order valence-corrected chi connectivity index (χ1v) is 24.3. The van der Waals surface area contributed by atoms with E-state index in [2.05, 4.69) is 92.9 Å². The zero-order valence-corrected chi connectivity index (χ0v) is 38.4. The van der Waals surface area contributed by atoms with E-state index >= 15 is 0 Å². The lowest BCUT2D eigenvalue weighted by atomic mass is 10.0. The van der Waals surface area contributed by atoms with Crippen LogP contribution in [0.15, 0.2) is 85.1 Å². The zero-order chi connectivity index (χ0) is 43.1. The van der Waals surface area contributed by atoms with Crippen LogP contribution in [0.3, 0.4) is 0 Å². The number of aliphatic hydroxyl groups excluding tert-OH is 2. The maximum absolute atomic E-state index is 13.1. The van der Waals surface area contributed by atoms with Gasteiger partial charge in [-0.25, -0.2) is 0 Å². The number of aliphatic hydroxyl groups is 2. The third-order valence-electron chi connectivity index (χ3n) is 10.5. The van der Waals surface area contributed by atoms with Gasteiger partial charge in [0, 0.05) is 6.42 Å². The summed E-state index contributed by atoms with van der Waals surface area (Å²) < 4.78 is 5.77. The highest BCUT2D eigenvalue weighted by molar-refractivity contribution is 5.78. The zero-order valence-electron chi connectivity index (χ0n) is 38.4. The molecule has 59 heavy (non-hydrogen) atoms. The van der Waals surface area contributed by atoms with Gasteiger partial charge in [-0.3, -0.25) is 9.59 Å². The molecule has 0 aromatic heterocycles. The molecule has 338 valence electrons. The first-order chi connectivity index (χ1) is 29.0. The summed E-state index contributed by atoms with van der Waals surface area (Å²) in [6, 6.07) is -0.750. The number of carbonyl (C=O) groups excluding carboxylic acids is 2. The van der Waals surface area contributed by atoms with Gasteiger partial charge in [-0.2, -0.15) is 0 Å². The smallest absolute Gasteiger partial charge is 0.306 e. The average Bonchev–Trinajstić information content (AvgIpc) is 3.23. The Labute approximate surface area is 363 Å². The second-order valence-corrected chi connectivity index (χ2v) is 16.1. The molecule has 6 heteroatoms. The van der Waals surface area contributed by atoms with Crippen molar-refractivity contribution in [3.05, 3.63) is 85.1 Å². The summed E-state index contributed by atoms with van der Waals surface area (Å²) in [5.74, 6) is -0.708. The molecule has 0 heterocycles. The number of esters is 1. The Morgan fingerprint density at radius 3 is 1.44 bits per heavy atom. The Morgan fingerprint density at radius 2 is 0.949 bits per heavy atom. The SMILES string of the molecule is CC/C=C/C/C=C/C/C=C/C/C=C/C/C=C/CCC(=O)OC(/C=C/C/C=C\CCCCCCCC)CC(=O)NC(CO)C(O)CCCCCCCCCCCCCCC. The normalized spacial score (nSPS) is 14.1. The maximum Gasteiger partial charge on any atom is 0.306 e. The summed E-state index contributed by atoms with van der Waals surface area (Å²) in [4.78, 5) is 25.9. The Morgan fingerprint density at radius 1 is 0.525 bits per heavy atom. The van der Waals surface area contributed by atoms with Gasteiger partial charge in [-0.1, -0.05) is 215 Å². The van der Waals surface area contributed by atoms with Crippen molar-refractivity contribution in [1.82, 2.24) is 5.32 Å². The molecule has 6 nitrogen and oxygen atoms in total. The number of hydrogen-bond donors (Lipinski definition) is 3. The number of unbranched alkanes of at least 4 members (excludes halogenated alkanes) is 18. The second-order valence-electron chi connectivity index (χ2n) is 16.1. The fourth-order valence-corrected chi connectivity index (χ4v) is 6.80. The number of amides is 1. The van der Waals surface area contributed by atoms with E-state index in [1.807, 2.05) is 12.2 Å². The third-order valence-corrected chi connectivity index (χ3v) is 10.5. The van der Waals surface area contributed by atoms with E-state index in [0.717, 1.165) is 57.8 Å². The monoisotopic (exact) mass is 822 g/mol. The standard InChI is InChI=1S/C53H91NO5/c1-4-7-10-13-16-19-22-24-25-26-28-31-34-37-40-43-46-53(58)59-49(44-41-38-35-32-29-21-18-15-12-9-6-3)47-52(57)54-50(48-55)51(56)45-42-39-36-33-30-27-23-20-17-14-11-8-5-2/h7,10,16,19,24-25,28,31-32,35,37,40-41,44,49-51,55-56H,4-6,8-9,11-15,17-18,20-23,26-27,29-30,33-34,36,38-39,42-43,45-48H2,1-3H3,(H,54,57)/b10-7+,19-16+,25-24+,31-28+,35-32-,40-37+,44-41+. The van der Waals surface area contributed by atoms with Gasteiger partial charge in [-0.05, 0) is 70.3 Å². The molecule has 0 aromatic carbocycles. The van der Waals surface area contributed by atoms with Gasteiger partial charge in [0.25, 0.3) is 0 Å². The van der Waals surface area contributed by atoms with Crippen molar-refractivity contribution < 1.29 is 24.5 Å². The lowest BCUT2D eigenvalue weighted by Crippen LogP contribution is -2.46. The molecule has 0 aliphatic rings. The predicted molar refractivity (Wildman–Crippen MR) is 254 cm³/mol. The first-order valence-electron chi connectivity index (χ1n) is 24.3. The molecule has 0 aliphatic heterocycles. The Bertz CT molecular complexity index is 1150. The van der Waals surface area contributed by atoms with E-state index in [-0.39, 0.29) is 31.3 Å². The molecule has 0 saturated heterocycles. The quantitative estimate of drug-likeness (QED) is 0.0324. The van der Waals surface area contributed by atoms with Crippen LogP contribution in [0.1, 0.15) is 213 Å². The lowest BCUT2D eigenvalue weighted by Gasteiger charge is -2.23. The average molecular weight is 822 g/mol. The lowest BCUT2D eigenvalue weighted by molar-refractivity contribution is -0.148. The van der Waals surface area contributed by atoms with E-state index in [0.29, 0.717) is 19.3 Å². The summed E-state index contributed by atoms with van der Waals surface area (Å²) in [7, 11) is 0. The van der Waals surface area contributed by atoms with Crippen LogP contribution < -0.4 is 5.32 Å². The molecule has 0 rings (SSSR count). The van der Waals surface area contributed by atoms with Crippen molar-refractivity contribution in [2.45, 2.75) is 232 Å². The van der Waals surface area contributed by atoms with Crippen molar-refractivity contribution in [3.8, 4) is 0 Å². The Kier molecular flexibility index (Phi) is 43.8. The van der Waals surface area contributed by atoms with Crippen LogP contribution in [0, 0.1) is 0 Å². The molecule has 3 unspecified atom stereocenters. The Balaban J connectivity index is 4.76. The van der Waals surface area contributed by atoms with Gasteiger partial charge >= 0.3 is 5.97 Å². The first kappa shape index (κ1) is 56.0. The molecule has 0 bridgehead atoms. The fourth-order valence-electron chi connectivity index (χ4n) is 6.80. The highest BCUT2D eigenvalue weighted by Crippen LogP contribution is 2.15. The topological polar surface area (TPSA) is 95.9 Å². The number of rotatable bonds is 42. The summed E-state index contributed by atoms with van der Waals surface area (Å²) in [5.41, 5.74) is 0. The van der Waals surface area contributed by atoms with Gasteiger partial charge in [0.15, 0.2) is 0 Å². The van der Waals surface area contributed by atoms with Crippen LogP contribution in [-0.2, 0) is 14.3 Å². The number of hydrogen-bond acceptors (Lipinski definition) is 5.